The molecule has 2 aromatic carbocycles. The molecule has 0 spiro atoms. The number of amides is 2. The molecule has 1 N–H and O–H groups in total. The Labute approximate surface area is 175 Å². The van der Waals surface area contributed by atoms with E-state index in [0.29, 0.717) is 13.1 Å². The molecule has 1 saturated heterocycles. The molecule has 4 rings (SSSR count). The van der Waals surface area contributed by atoms with Gasteiger partial charge in [0.15, 0.2) is 0 Å². The molecule has 0 bridgehead atoms. The molecular weight excluding hydrogens is 384 g/mol. The minimum Gasteiger partial charge on any atom is -0.490 e. The molecule has 0 radical (unpaired) electrons. The van der Waals surface area contributed by atoms with Crippen LogP contribution in [0.5, 0.6) is 5.75 Å². The monoisotopic (exact) mass is 410 g/mol. The van der Waals surface area contributed by atoms with Gasteiger partial charge in [0.1, 0.15) is 11.9 Å². The van der Waals surface area contributed by atoms with Crippen molar-refractivity contribution in [3.05, 3.63) is 53.6 Å². The highest BCUT2D eigenvalue weighted by molar-refractivity contribution is 8.01. The molecular formula is C23H26N2O3S. The molecule has 0 saturated carbocycles. The number of thioether (sulfide) groups is 1. The van der Waals surface area contributed by atoms with E-state index >= 15 is 0 Å². The van der Waals surface area contributed by atoms with E-state index in [1.165, 1.54) is 17.3 Å². The SMILES string of the molecule is Cc1ccc(C)c(OC2CCN(C(=O)CC3Sc4ccccc4NC3=O)CC2)c1. The standard InChI is InChI=1S/C23H26N2O3S/c1-15-7-8-16(2)19(13-15)28-17-9-11-25(12-10-17)22(26)14-21-23(27)24-18-5-3-4-6-20(18)29-21/h3-8,13,17,21H,9-12,14H2,1-2H3,(H,24,27). The average Bonchev–Trinajstić information content (AvgIpc) is 2.72. The zero-order valence-corrected chi connectivity index (χ0v) is 17.6. The first kappa shape index (κ1) is 19.8. The Morgan fingerprint density at radius 2 is 1.93 bits per heavy atom. The van der Waals surface area contributed by atoms with Crippen LogP contribution in [0.3, 0.4) is 0 Å². The van der Waals surface area contributed by atoms with Crippen LogP contribution >= 0.6 is 11.8 Å². The number of ether oxygens (including phenoxy) is 1. The van der Waals surface area contributed by atoms with Crippen molar-refractivity contribution in [2.24, 2.45) is 0 Å². The lowest BCUT2D eigenvalue weighted by Crippen LogP contribution is -2.44. The summed E-state index contributed by atoms with van der Waals surface area (Å²) in [5.74, 6) is 0.890. The number of carbonyl (C=O) groups excluding carboxylic acids is 2. The molecule has 1 fully saturated rings. The third-order valence-electron chi connectivity index (χ3n) is 5.50. The number of piperidine rings is 1. The van der Waals surface area contributed by atoms with Gasteiger partial charge in [-0.05, 0) is 43.2 Å². The maximum atomic E-state index is 12.8. The Hall–Kier alpha value is -2.47. The van der Waals surface area contributed by atoms with Gasteiger partial charge in [0.05, 0.1) is 10.9 Å². The zero-order valence-electron chi connectivity index (χ0n) is 16.8. The van der Waals surface area contributed by atoms with Crippen LogP contribution in [0.15, 0.2) is 47.4 Å². The predicted octanol–water partition coefficient (Wildman–Crippen LogP) is 4.18. The lowest BCUT2D eigenvalue weighted by Gasteiger charge is -2.33. The van der Waals surface area contributed by atoms with Crippen molar-refractivity contribution in [3.8, 4) is 5.75 Å². The highest BCUT2D eigenvalue weighted by Crippen LogP contribution is 2.37. The average molecular weight is 411 g/mol. The van der Waals surface area contributed by atoms with Crippen LogP contribution in [0.4, 0.5) is 5.69 Å². The number of anilines is 1. The van der Waals surface area contributed by atoms with Crippen molar-refractivity contribution >= 4 is 29.3 Å². The third-order valence-corrected chi connectivity index (χ3v) is 6.77. The Kier molecular flexibility index (Phi) is 5.81. The summed E-state index contributed by atoms with van der Waals surface area (Å²) >= 11 is 1.48. The van der Waals surface area contributed by atoms with Gasteiger partial charge in [-0.3, -0.25) is 9.59 Å². The molecule has 1 atom stereocenters. The Morgan fingerprint density at radius 1 is 1.17 bits per heavy atom. The van der Waals surface area contributed by atoms with Gasteiger partial charge in [0, 0.05) is 37.2 Å². The van der Waals surface area contributed by atoms with Gasteiger partial charge in [-0.1, -0.05) is 24.3 Å². The molecule has 0 aromatic heterocycles. The van der Waals surface area contributed by atoms with E-state index in [-0.39, 0.29) is 29.6 Å². The maximum absolute atomic E-state index is 12.8. The second-order valence-electron chi connectivity index (χ2n) is 7.76. The maximum Gasteiger partial charge on any atom is 0.238 e. The number of nitrogens with zero attached hydrogens (tertiary/aromatic N) is 1. The van der Waals surface area contributed by atoms with Crippen molar-refractivity contribution in [1.82, 2.24) is 4.90 Å². The van der Waals surface area contributed by atoms with E-state index < -0.39 is 0 Å². The molecule has 2 heterocycles. The van der Waals surface area contributed by atoms with Crippen molar-refractivity contribution < 1.29 is 14.3 Å². The van der Waals surface area contributed by atoms with Crippen LogP contribution in [0, 0.1) is 13.8 Å². The van der Waals surface area contributed by atoms with Gasteiger partial charge in [-0.25, -0.2) is 0 Å². The lowest BCUT2D eigenvalue weighted by atomic mass is 10.1. The first-order valence-electron chi connectivity index (χ1n) is 10.1. The van der Waals surface area contributed by atoms with Crippen LogP contribution in [-0.2, 0) is 9.59 Å². The number of nitrogens with one attached hydrogen (secondary N) is 1. The lowest BCUT2D eigenvalue weighted by molar-refractivity contribution is -0.134. The normalized spacial score (nSPS) is 19.4. The molecule has 2 amide bonds. The zero-order chi connectivity index (χ0) is 20.4. The second kappa shape index (κ2) is 8.49. The molecule has 152 valence electrons. The molecule has 6 heteroatoms. The summed E-state index contributed by atoms with van der Waals surface area (Å²) < 4.78 is 6.19. The number of hydrogen-bond acceptors (Lipinski definition) is 4. The molecule has 0 aliphatic carbocycles. The van der Waals surface area contributed by atoms with Crippen LogP contribution in [-0.4, -0.2) is 41.2 Å². The van der Waals surface area contributed by atoms with Gasteiger partial charge >= 0.3 is 0 Å². The number of fused-ring (bicyclic) bond motifs is 1. The summed E-state index contributed by atoms with van der Waals surface area (Å²) in [7, 11) is 0. The van der Waals surface area contributed by atoms with Gasteiger partial charge < -0.3 is 15.0 Å². The van der Waals surface area contributed by atoms with Gasteiger partial charge in [-0.2, -0.15) is 0 Å². The Morgan fingerprint density at radius 3 is 2.72 bits per heavy atom. The fourth-order valence-electron chi connectivity index (χ4n) is 3.75. The van der Waals surface area contributed by atoms with E-state index in [1.807, 2.05) is 29.2 Å². The number of carbonyl (C=O) groups is 2. The number of para-hydroxylation sites is 1. The molecule has 2 aliphatic rings. The molecule has 29 heavy (non-hydrogen) atoms. The minimum absolute atomic E-state index is 0.0437. The molecule has 2 aromatic rings. The van der Waals surface area contributed by atoms with Gasteiger partial charge in [0.2, 0.25) is 11.8 Å². The van der Waals surface area contributed by atoms with E-state index in [1.54, 1.807) is 0 Å². The van der Waals surface area contributed by atoms with E-state index in [4.69, 9.17) is 4.74 Å². The number of rotatable bonds is 4. The first-order valence-corrected chi connectivity index (χ1v) is 11.0. The number of benzene rings is 2. The summed E-state index contributed by atoms with van der Waals surface area (Å²) in [5, 5.41) is 2.54. The topological polar surface area (TPSA) is 58.6 Å². The van der Waals surface area contributed by atoms with Crippen LogP contribution < -0.4 is 10.1 Å². The number of aryl methyl sites for hydroxylation is 2. The summed E-state index contributed by atoms with van der Waals surface area (Å²) in [5.41, 5.74) is 3.15. The summed E-state index contributed by atoms with van der Waals surface area (Å²) in [6.45, 7) is 5.46. The predicted molar refractivity (Wildman–Crippen MR) is 115 cm³/mol. The van der Waals surface area contributed by atoms with E-state index in [2.05, 4.69) is 37.4 Å². The second-order valence-corrected chi connectivity index (χ2v) is 9.01. The molecule has 5 nitrogen and oxygen atoms in total. The highest BCUT2D eigenvalue weighted by Gasteiger charge is 2.32. The third kappa shape index (κ3) is 4.58. The summed E-state index contributed by atoms with van der Waals surface area (Å²) in [6.07, 6.45) is 1.98. The van der Waals surface area contributed by atoms with Gasteiger partial charge in [0.25, 0.3) is 0 Å². The largest absolute Gasteiger partial charge is 0.490 e. The Balaban J connectivity index is 1.30. The van der Waals surface area contributed by atoms with E-state index in [0.717, 1.165) is 34.7 Å². The van der Waals surface area contributed by atoms with Crippen LogP contribution in [0.2, 0.25) is 0 Å². The minimum atomic E-state index is -0.374. The van der Waals surface area contributed by atoms with Gasteiger partial charge in [-0.15, -0.1) is 11.8 Å². The summed E-state index contributed by atoms with van der Waals surface area (Å²) in [4.78, 5) is 28.0. The fraction of sp³-hybridized carbons (Fsp3) is 0.391. The highest BCUT2D eigenvalue weighted by atomic mass is 32.2. The van der Waals surface area contributed by atoms with Crippen molar-refractivity contribution in [1.29, 1.82) is 0 Å². The number of hydrogen-bond donors (Lipinski definition) is 1. The van der Waals surface area contributed by atoms with Crippen molar-refractivity contribution in [2.45, 2.75) is 49.4 Å². The van der Waals surface area contributed by atoms with Crippen LogP contribution in [0.25, 0.3) is 0 Å². The first-order chi connectivity index (χ1) is 14.0. The molecule has 1 unspecified atom stereocenters. The fourth-order valence-corrected chi connectivity index (χ4v) is 4.85. The smallest absolute Gasteiger partial charge is 0.238 e. The summed E-state index contributed by atoms with van der Waals surface area (Å²) in [6, 6.07) is 13.9. The molecule has 2 aliphatic heterocycles. The van der Waals surface area contributed by atoms with Crippen molar-refractivity contribution in [3.63, 3.8) is 0 Å². The number of likely N-dealkylation sites (tertiary alicyclic amines) is 1. The van der Waals surface area contributed by atoms with E-state index in [9.17, 15) is 9.59 Å². The van der Waals surface area contributed by atoms with Crippen LogP contribution in [0.1, 0.15) is 30.4 Å². The Bertz CT molecular complexity index is 922. The quantitative estimate of drug-likeness (QED) is 0.822. The van der Waals surface area contributed by atoms with Crippen molar-refractivity contribution in [2.75, 3.05) is 18.4 Å².